The summed E-state index contributed by atoms with van der Waals surface area (Å²) in [5, 5.41) is 9.49. The number of rotatable bonds is 3. The molecule has 8 heteroatoms. The van der Waals surface area contributed by atoms with Crippen LogP contribution in [0.15, 0.2) is 15.7 Å². The molecule has 104 valence electrons. The molecule has 0 aromatic carbocycles. The summed E-state index contributed by atoms with van der Waals surface area (Å²) >= 11 is 0. The largest absolute Gasteiger partial charge is 0.494 e. The first kappa shape index (κ1) is 13.3. The van der Waals surface area contributed by atoms with Crippen molar-refractivity contribution in [2.75, 3.05) is 26.3 Å². The molecule has 1 aromatic rings. The highest BCUT2D eigenvalue weighted by Crippen LogP contribution is 2.05. The van der Waals surface area contributed by atoms with E-state index in [1.54, 1.807) is 4.90 Å². The molecule has 1 aliphatic heterocycles. The molecule has 19 heavy (non-hydrogen) atoms. The fourth-order valence-electron chi connectivity index (χ4n) is 1.90. The molecule has 0 spiro atoms. The summed E-state index contributed by atoms with van der Waals surface area (Å²) in [6.45, 7) is 2.11. The van der Waals surface area contributed by atoms with Gasteiger partial charge in [-0.05, 0) is 0 Å². The van der Waals surface area contributed by atoms with E-state index < -0.39 is 17.1 Å². The van der Waals surface area contributed by atoms with E-state index in [1.165, 1.54) is 0 Å². The van der Waals surface area contributed by atoms with Crippen molar-refractivity contribution in [2.24, 2.45) is 0 Å². The van der Waals surface area contributed by atoms with Crippen LogP contribution in [0.1, 0.15) is 6.42 Å². The molecule has 0 saturated carbocycles. The summed E-state index contributed by atoms with van der Waals surface area (Å²) in [6.07, 6.45) is 0.0828. The van der Waals surface area contributed by atoms with Crippen molar-refractivity contribution in [1.82, 2.24) is 14.5 Å². The normalized spacial score (nSPS) is 15.5. The lowest BCUT2D eigenvalue weighted by Crippen LogP contribution is -2.41. The molecular weight excluding hydrogens is 254 g/mol. The van der Waals surface area contributed by atoms with Gasteiger partial charge in [-0.2, -0.15) is 0 Å². The van der Waals surface area contributed by atoms with Crippen molar-refractivity contribution in [3.63, 3.8) is 0 Å². The summed E-state index contributed by atoms with van der Waals surface area (Å²) in [5.74, 6) is -0.552. The van der Waals surface area contributed by atoms with Crippen molar-refractivity contribution in [3.05, 3.63) is 26.9 Å². The summed E-state index contributed by atoms with van der Waals surface area (Å²) in [4.78, 5) is 37.9. The first-order valence-corrected chi connectivity index (χ1v) is 5.96. The molecule has 0 unspecified atom stereocenters. The molecule has 1 saturated heterocycles. The number of carbonyl (C=O) groups is 1. The van der Waals surface area contributed by atoms with E-state index in [9.17, 15) is 19.5 Å². The number of hydrogen-bond acceptors (Lipinski definition) is 5. The van der Waals surface area contributed by atoms with Gasteiger partial charge in [0.1, 0.15) is 0 Å². The van der Waals surface area contributed by atoms with E-state index >= 15 is 0 Å². The van der Waals surface area contributed by atoms with Gasteiger partial charge in [0.2, 0.25) is 11.8 Å². The number of hydrogen-bond donors (Lipinski definition) is 2. The first-order valence-electron chi connectivity index (χ1n) is 5.96. The van der Waals surface area contributed by atoms with Crippen molar-refractivity contribution < 1.29 is 14.6 Å². The Morgan fingerprint density at radius 1 is 1.37 bits per heavy atom. The lowest BCUT2D eigenvalue weighted by atomic mass is 10.3. The van der Waals surface area contributed by atoms with E-state index in [2.05, 4.69) is 0 Å². The van der Waals surface area contributed by atoms with E-state index in [4.69, 9.17) is 4.74 Å². The maximum atomic E-state index is 11.9. The predicted molar refractivity (Wildman–Crippen MR) is 65.0 cm³/mol. The molecule has 0 radical (unpaired) electrons. The average molecular weight is 269 g/mol. The van der Waals surface area contributed by atoms with Crippen LogP contribution in [0.3, 0.4) is 0 Å². The topological polar surface area (TPSA) is 105 Å². The van der Waals surface area contributed by atoms with Gasteiger partial charge in [0, 0.05) is 26.1 Å². The van der Waals surface area contributed by atoms with Crippen LogP contribution < -0.4 is 11.2 Å². The molecule has 1 aromatic heterocycles. The Morgan fingerprint density at radius 3 is 2.68 bits per heavy atom. The van der Waals surface area contributed by atoms with Gasteiger partial charge in [-0.3, -0.25) is 19.1 Å². The van der Waals surface area contributed by atoms with Gasteiger partial charge < -0.3 is 14.7 Å². The quantitative estimate of drug-likeness (QED) is 0.694. The highest BCUT2D eigenvalue weighted by molar-refractivity contribution is 5.76. The zero-order valence-corrected chi connectivity index (χ0v) is 10.3. The highest BCUT2D eigenvalue weighted by atomic mass is 16.5. The summed E-state index contributed by atoms with van der Waals surface area (Å²) in [7, 11) is 0. The maximum Gasteiger partial charge on any atom is 0.331 e. The van der Waals surface area contributed by atoms with Crippen molar-refractivity contribution >= 4 is 5.91 Å². The van der Waals surface area contributed by atoms with Crippen LogP contribution in [-0.4, -0.2) is 51.8 Å². The van der Waals surface area contributed by atoms with E-state index in [0.29, 0.717) is 26.3 Å². The zero-order chi connectivity index (χ0) is 13.8. The van der Waals surface area contributed by atoms with Gasteiger partial charge >= 0.3 is 5.69 Å². The van der Waals surface area contributed by atoms with E-state index in [-0.39, 0.29) is 18.9 Å². The Labute approximate surface area is 108 Å². The molecule has 2 N–H and O–H groups in total. The number of morpholine rings is 1. The Balaban J connectivity index is 2.00. The van der Waals surface area contributed by atoms with Crippen LogP contribution in [0.5, 0.6) is 5.88 Å². The molecule has 1 aliphatic rings. The van der Waals surface area contributed by atoms with E-state index in [1.807, 2.05) is 4.98 Å². The Kier molecular flexibility index (Phi) is 4.00. The zero-order valence-electron chi connectivity index (χ0n) is 10.3. The lowest BCUT2D eigenvalue weighted by molar-refractivity contribution is -0.135. The third kappa shape index (κ3) is 3.22. The number of H-pyrrole nitrogens is 1. The van der Waals surface area contributed by atoms with Crippen LogP contribution in [0.2, 0.25) is 0 Å². The fourth-order valence-corrected chi connectivity index (χ4v) is 1.90. The molecule has 8 nitrogen and oxygen atoms in total. The van der Waals surface area contributed by atoms with Crippen LogP contribution in [-0.2, 0) is 16.1 Å². The second-order valence-corrected chi connectivity index (χ2v) is 4.19. The first-order chi connectivity index (χ1) is 9.08. The summed E-state index contributed by atoms with van der Waals surface area (Å²) < 4.78 is 6.09. The van der Waals surface area contributed by atoms with Gasteiger partial charge in [0.15, 0.2) is 0 Å². The number of aromatic hydroxyl groups is 1. The minimum Gasteiger partial charge on any atom is -0.494 e. The monoisotopic (exact) mass is 269 g/mol. The third-order valence-corrected chi connectivity index (χ3v) is 2.93. The standard InChI is InChI=1S/C11H15N3O5/c15-8-7-10(17)14(11(18)12-8)2-1-9(16)13-3-5-19-6-4-13/h7,17H,1-6H2,(H,12,15,18). The maximum absolute atomic E-state index is 11.9. The van der Waals surface area contributed by atoms with Gasteiger partial charge in [0.05, 0.1) is 19.3 Å². The minimum absolute atomic E-state index is 0.0254. The molecule has 0 bridgehead atoms. The molecule has 1 fully saturated rings. The van der Waals surface area contributed by atoms with Crippen molar-refractivity contribution in [3.8, 4) is 5.88 Å². The van der Waals surface area contributed by atoms with Crippen molar-refractivity contribution in [2.45, 2.75) is 13.0 Å². The molecule has 0 atom stereocenters. The number of nitrogens with zero attached hydrogens (tertiary/aromatic N) is 2. The van der Waals surface area contributed by atoms with Gasteiger partial charge in [-0.15, -0.1) is 0 Å². The SMILES string of the molecule is O=C(CCn1c(O)cc(=O)[nH]c1=O)N1CCOCC1. The smallest absolute Gasteiger partial charge is 0.331 e. The fraction of sp³-hybridized carbons (Fsp3) is 0.545. The van der Waals surface area contributed by atoms with E-state index in [0.717, 1.165) is 10.6 Å². The number of aromatic nitrogens is 2. The second kappa shape index (κ2) is 5.70. The Morgan fingerprint density at radius 2 is 2.05 bits per heavy atom. The summed E-state index contributed by atoms with van der Waals surface area (Å²) in [6, 6.07) is 0.903. The third-order valence-electron chi connectivity index (χ3n) is 2.93. The van der Waals surface area contributed by atoms with Crippen LogP contribution in [0.25, 0.3) is 0 Å². The predicted octanol–water partition coefficient (Wildman–Crippen LogP) is -1.51. The molecular formula is C11H15N3O5. The lowest BCUT2D eigenvalue weighted by Gasteiger charge is -2.26. The van der Waals surface area contributed by atoms with Crippen molar-refractivity contribution in [1.29, 1.82) is 0 Å². The van der Waals surface area contributed by atoms with Crippen LogP contribution >= 0.6 is 0 Å². The van der Waals surface area contributed by atoms with Crippen LogP contribution in [0, 0.1) is 0 Å². The Bertz CT molecular complexity index is 570. The number of amides is 1. The molecule has 1 amide bonds. The molecule has 2 heterocycles. The molecule has 0 aliphatic carbocycles. The highest BCUT2D eigenvalue weighted by Gasteiger charge is 2.17. The average Bonchev–Trinajstić information content (AvgIpc) is 2.38. The van der Waals surface area contributed by atoms with Crippen LogP contribution in [0.4, 0.5) is 0 Å². The number of nitrogens with one attached hydrogen (secondary N) is 1. The van der Waals surface area contributed by atoms with Gasteiger partial charge in [0.25, 0.3) is 5.56 Å². The van der Waals surface area contributed by atoms with Gasteiger partial charge in [-0.1, -0.05) is 0 Å². The molecule has 2 rings (SSSR count). The van der Waals surface area contributed by atoms with Gasteiger partial charge in [-0.25, -0.2) is 4.79 Å². The Hall–Kier alpha value is -2.09. The summed E-state index contributed by atoms with van der Waals surface area (Å²) in [5.41, 5.74) is -1.39. The second-order valence-electron chi connectivity index (χ2n) is 4.19. The number of carbonyl (C=O) groups excluding carboxylic acids is 1. The minimum atomic E-state index is -0.722. The number of aromatic amines is 1. The number of ether oxygens (including phenoxy) is 1.